The van der Waals surface area contributed by atoms with Gasteiger partial charge in [0.05, 0.1) is 6.54 Å². The topological polar surface area (TPSA) is 52.7 Å². The van der Waals surface area contributed by atoms with Crippen LogP contribution < -0.4 is 5.32 Å². The summed E-state index contributed by atoms with van der Waals surface area (Å²) in [6, 6.07) is 0.841. The van der Waals surface area contributed by atoms with E-state index in [-0.39, 0.29) is 5.91 Å². The van der Waals surface area contributed by atoms with Crippen LogP contribution in [-0.2, 0) is 9.59 Å². The van der Waals surface area contributed by atoms with Crippen LogP contribution in [0.3, 0.4) is 0 Å². The zero-order valence-electron chi connectivity index (χ0n) is 14.7. The van der Waals surface area contributed by atoms with Crippen LogP contribution in [0.15, 0.2) is 0 Å². The molecule has 2 amide bonds. The first-order valence-electron chi connectivity index (χ1n) is 10.0. The van der Waals surface area contributed by atoms with Gasteiger partial charge in [0, 0.05) is 38.1 Å². The van der Waals surface area contributed by atoms with E-state index in [0.717, 1.165) is 51.7 Å². The Kier molecular flexibility index (Phi) is 4.79. The monoisotopic (exact) mass is 333 g/mol. The summed E-state index contributed by atoms with van der Waals surface area (Å²) in [5, 5.41) is 3.25. The third-order valence-corrected chi connectivity index (χ3v) is 6.59. The van der Waals surface area contributed by atoms with Gasteiger partial charge in [-0.05, 0) is 43.9 Å². The Morgan fingerprint density at radius 2 is 1.88 bits per heavy atom. The Morgan fingerprint density at radius 1 is 1.04 bits per heavy atom. The lowest BCUT2D eigenvalue weighted by Gasteiger charge is -2.52. The molecular weight excluding hydrogens is 302 g/mol. The maximum absolute atomic E-state index is 12.4. The molecule has 0 aromatic heterocycles. The molecule has 1 saturated carbocycles. The number of hydrogen-bond acceptors (Lipinski definition) is 3. The number of carbonyl (C=O) groups excluding carboxylic acids is 2. The molecule has 1 N–H and O–H groups in total. The van der Waals surface area contributed by atoms with Gasteiger partial charge in [-0.2, -0.15) is 0 Å². The summed E-state index contributed by atoms with van der Waals surface area (Å²) in [5.41, 5.74) is 0. The first kappa shape index (κ1) is 16.4. The minimum Gasteiger partial charge on any atom is -0.352 e. The van der Waals surface area contributed by atoms with Crippen molar-refractivity contribution >= 4 is 11.8 Å². The second-order valence-corrected chi connectivity index (χ2v) is 8.46. The molecule has 3 aliphatic heterocycles. The minimum absolute atomic E-state index is 0.207. The predicted molar refractivity (Wildman–Crippen MR) is 92.4 cm³/mol. The Labute approximate surface area is 145 Å². The van der Waals surface area contributed by atoms with Gasteiger partial charge in [-0.3, -0.25) is 14.5 Å². The summed E-state index contributed by atoms with van der Waals surface area (Å²) in [7, 11) is 0. The Morgan fingerprint density at radius 3 is 2.71 bits per heavy atom. The molecule has 4 rings (SSSR count). The second kappa shape index (κ2) is 7.03. The van der Waals surface area contributed by atoms with Crippen molar-refractivity contribution in [2.24, 2.45) is 11.8 Å². The number of piperidine rings is 3. The number of fused-ring (bicyclic) bond motifs is 4. The van der Waals surface area contributed by atoms with E-state index in [9.17, 15) is 9.59 Å². The highest BCUT2D eigenvalue weighted by Crippen LogP contribution is 2.37. The number of nitrogens with zero attached hydrogens (tertiary/aromatic N) is 2. The summed E-state index contributed by atoms with van der Waals surface area (Å²) in [6.45, 7) is 3.43. The third kappa shape index (κ3) is 3.46. The van der Waals surface area contributed by atoms with E-state index in [0.29, 0.717) is 36.4 Å². The molecule has 2 bridgehead atoms. The summed E-state index contributed by atoms with van der Waals surface area (Å²) >= 11 is 0. The van der Waals surface area contributed by atoms with E-state index in [2.05, 4.69) is 15.1 Å². The molecule has 24 heavy (non-hydrogen) atoms. The van der Waals surface area contributed by atoms with E-state index in [1.807, 2.05) is 0 Å². The highest BCUT2D eigenvalue weighted by molar-refractivity contribution is 5.78. The zero-order valence-corrected chi connectivity index (χ0v) is 14.7. The molecule has 0 radical (unpaired) electrons. The fourth-order valence-corrected chi connectivity index (χ4v) is 5.56. The summed E-state index contributed by atoms with van der Waals surface area (Å²) < 4.78 is 0. The van der Waals surface area contributed by atoms with Gasteiger partial charge in [-0.15, -0.1) is 0 Å². The molecular formula is C19H31N3O2. The Hall–Kier alpha value is -1.10. The zero-order chi connectivity index (χ0) is 16.5. The highest BCUT2D eigenvalue weighted by atomic mass is 16.2. The Balaban J connectivity index is 1.32. The van der Waals surface area contributed by atoms with Crippen LogP contribution in [0.1, 0.15) is 57.8 Å². The van der Waals surface area contributed by atoms with Gasteiger partial charge >= 0.3 is 0 Å². The molecule has 4 aliphatic rings. The van der Waals surface area contributed by atoms with Gasteiger partial charge in [0.2, 0.25) is 11.8 Å². The van der Waals surface area contributed by atoms with Gasteiger partial charge in [-0.25, -0.2) is 0 Å². The van der Waals surface area contributed by atoms with Crippen molar-refractivity contribution < 1.29 is 9.59 Å². The van der Waals surface area contributed by atoms with Gasteiger partial charge in [0.15, 0.2) is 0 Å². The number of nitrogens with one attached hydrogen (secondary N) is 1. The Bertz CT molecular complexity index is 489. The van der Waals surface area contributed by atoms with Crippen molar-refractivity contribution in [2.75, 3.05) is 26.2 Å². The molecule has 3 atom stereocenters. The van der Waals surface area contributed by atoms with Crippen molar-refractivity contribution in [3.63, 3.8) is 0 Å². The lowest BCUT2D eigenvalue weighted by Crippen LogP contribution is -2.61. The molecule has 3 heterocycles. The van der Waals surface area contributed by atoms with Crippen molar-refractivity contribution in [1.82, 2.24) is 15.1 Å². The molecule has 134 valence electrons. The highest BCUT2D eigenvalue weighted by Gasteiger charge is 2.44. The average molecular weight is 333 g/mol. The number of hydrogen-bond donors (Lipinski definition) is 1. The van der Waals surface area contributed by atoms with Gasteiger partial charge < -0.3 is 10.2 Å². The summed E-state index contributed by atoms with van der Waals surface area (Å²) in [6.07, 6.45) is 10.3. The molecule has 0 spiro atoms. The van der Waals surface area contributed by atoms with Crippen LogP contribution in [0.4, 0.5) is 0 Å². The van der Waals surface area contributed by atoms with Gasteiger partial charge in [0.1, 0.15) is 0 Å². The van der Waals surface area contributed by atoms with Crippen molar-refractivity contribution in [3.05, 3.63) is 0 Å². The lowest BCUT2D eigenvalue weighted by atomic mass is 9.76. The fourth-order valence-electron chi connectivity index (χ4n) is 5.56. The van der Waals surface area contributed by atoms with Crippen LogP contribution in [0, 0.1) is 11.8 Å². The number of carbonyl (C=O) groups is 2. The molecule has 4 fully saturated rings. The van der Waals surface area contributed by atoms with E-state index >= 15 is 0 Å². The first-order chi connectivity index (χ1) is 11.7. The van der Waals surface area contributed by atoms with E-state index < -0.39 is 0 Å². The number of amides is 2. The largest absolute Gasteiger partial charge is 0.352 e. The van der Waals surface area contributed by atoms with Crippen molar-refractivity contribution in [3.8, 4) is 0 Å². The maximum atomic E-state index is 12.4. The molecule has 0 aromatic rings. The van der Waals surface area contributed by atoms with Crippen LogP contribution in [0.5, 0.6) is 0 Å². The molecule has 5 nitrogen and oxygen atoms in total. The molecule has 5 heteroatoms. The lowest BCUT2D eigenvalue weighted by molar-refractivity contribution is -0.145. The molecule has 1 aliphatic carbocycles. The number of likely N-dealkylation sites (tertiary alicyclic amines) is 1. The predicted octanol–water partition coefficient (Wildman–Crippen LogP) is 1.77. The van der Waals surface area contributed by atoms with Crippen molar-refractivity contribution in [2.45, 2.75) is 69.9 Å². The maximum Gasteiger partial charge on any atom is 0.234 e. The molecule has 0 aromatic carbocycles. The summed E-state index contributed by atoms with van der Waals surface area (Å²) in [4.78, 5) is 29.1. The van der Waals surface area contributed by atoms with Crippen LogP contribution in [-0.4, -0.2) is 59.9 Å². The van der Waals surface area contributed by atoms with Crippen LogP contribution >= 0.6 is 0 Å². The summed E-state index contributed by atoms with van der Waals surface area (Å²) in [5.74, 6) is 1.71. The average Bonchev–Trinajstić information content (AvgIpc) is 2.56. The number of rotatable bonds is 3. The van der Waals surface area contributed by atoms with Crippen molar-refractivity contribution in [1.29, 1.82) is 0 Å². The smallest absolute Gasteiger partial charge is 0.234 e. The quantitative estimate of drug-likeness (QED) is 0.856. The van der Waals surface area contributed by atoms with Gasteiger partial charge in [0.25, 0.3) is 0 Å². The minimum atomic E-state index is 0.207. The van der Waals surface area contributed by atoms with Gasteiger partial charge in [-0.1, -0.05) is 19.3 Å². The normalized spacial score (nSPS) is 34.8. The standard InChI is InChI=1S/C19H31N3O2/c23-18(20-16-5-2-1-3-6-16)13-21-10-14-9-15(12-21)17-7-4-8-19(24)22(17)11-14/h14-17H,1-13H2,(H,20,23)/t14?,15?,17-/m1/s1. The molecule has 2 unspecified atom stereocenters. The van der Waals surface area contributed by atoms with E-state index in [1.54, 1.807) is 0 Å². The fraction of sp³-hybridized carbons (Fsp3) is 0.895. The second-order valence-electron chi connectivity index (χ2n) is 8.46. The third-order valence-electron chi connectivity index (χ3n) is 6.59. The van der Waals surface area contributed by atoms with Crippen LogP contribution in [0.25, 0.3) is 0 Å². The van der Waals surface area contributed by atoms with E-state index in [1.165, 1.54) is 25.7 Å². The molecule has 3 saturated heterocycles. The van der Waals surface area contributed by atoms with Crippen LogP contribution in [0.2, 0.25) is 0 Å². The first-order valence-corrected chi connectivity index (χ1v) is 10.0. The SMILES string of the molecule is O=C(CN1CC2CC(C1)[C@H]1CCCC(=O)N1C2)NC1CCCCC1. The van der Waals surface area contributed by atoms with E-state index in [4.69, 9.17) is 0 Å².